The van der Waals surface area contributed by atoms with Crippen LogP contribution < -0.4 is 0 Å². The number of hydrogen-bond donors (Lipinski definition) is 0. The first-order valence-corrected chi connectivity index (χ1v) is 6.14. The number of likely N-dealkylation sites (tertiary alicyclic amines) is 1. The molecule has 1 heteroatoms. The summed E-state index contributed by atoms with van der Waals surface area (Å²) < 4.78 is 0. The van der Waals surface area contributed by atoms with Gasteiger partial charge < -0.3 is 4.90 Å². The van der Waals surface area contributed by atoms with Crippen LogP contribution in [0.15, 0.2) is 0 Å². The first-order valence-electron chi connectivity index (χ1n) is 6.14. The molecule has 0 aromatic rings. The fourth-order valence-electron chi connectivity index (χ4n) is 2.69. The van der Waals surface area contributed by atoms with E-state index in [1.165, 1.54) is 32.5 Å². The van der Waals surface area contributed by atoms with Crippen LogP contribution in [-0.2, 0) is 0 Å². The summed E-state index contributed by atoms with van der Waals surface area (Å²) in [6.07, 6.45) is 2.76. The molecular formula is C13H27N. The lowest BCUT2D eigenvalue weighted by molar-refractivity contribution is 0.218. The van der Waals surface area contributed by atoms with Gasteiger partial charge in [-0.05, 0) is 23.7 Å². The van der Waals surface area contributed by atoms with Crippen molar-refractivity contribution < 1.29 is 0 Å². The van der Waals surface area contributed by atoms with Crippen molar-refractivity contribution in [3.63, 3.8) is 0 Å². The van der Waals surface area contributed by atoms with Gasteiger partial charge in [0.1, 0.15) is 0 Å². The summed E-state index contributed by atoms with van der Waals surface area (Å²) in [5.41, 5.74) is 0.459. The fourth-order valence-corrected chi connectivity index (χ4v) is 2.69. The number of hydrogen-bond acceptors (Lipinski definition) is 1. The van der Waals surface area contributed by atoms with Crippen molar-refractivity contribution in [3.05, 3.63) is 0 Å². The van der Waals surface area contributed by atoms with Crippen molar-refractivity contribution in [1.29, 1.82) is 0 Å². The lowest BCUT2D eigenvalue weighted by atomic mass is 9.94. The van der Waals surface area contributed by atoms with E-state index in [-0.39, 0.29) is 0 Å². The van der Waals surface area contributed by atoms with Gasteiger partial charge in [0.2, 0.25) is 0 Å². The fraction of sp³-hybridized carbons (Fsp3) is 1.00. The van der Waals surface area contributed by atoms with Gasteiger partial charge >= 0.3 is 0 Å². The molecule has 0 amide bonds. The second kappa shape index (κ2) is 4.65. The van der Waals surface area contributed by atoms with Crippen molar-refractivity contribution in [1.82, 2.24) is 4.90 Å². The molecule has 1 rings (SSSR count). The van der Waals surface area contributed by atoms with E-state index < -0.39 is 0 Å². The Morgan fingerprint density at radius 2 is 1.86 bits per heavy atom. The van der Waals surface area contributed by atoms with Crippen LogP contribution in [-0.4, -0.2) is 24.5 Å². The maximum Gasteiger partial charge on any atom is 0.00303 e. The molecule has 0 N–H and O–H groups in total. The van der Waals surface area contributed by atoms with Crippen molar-refractivity contribution >= 4 is 0 Å². The highest BCUT2D eigenvalue weighted by molar-refractivity contribution is 4.83. The Morgan fingerprint density at radius 3 is 2.36 bits per heavy atom. The minimum atomic E-state index is 0.459. The predicted molar refractivity (Wildman–Crippen MR) is 63.5 cm³/mol. The highest BCUT2D eigenvalue weighted by Gasteiger charge is 2.30. The number of nitrogens with zero attached hydrogens (tertiary/aromatic N) is 1. The van der Waals surface area contributed by atoms with E-state index in [4.69, 9.17) is 0 Å². The normalized spacial score (nSPS) is 29.8. The number of rotatable bonds is 3. The average Bonchev–Trinajstić information content (AvgIpc) is 2.28. The lowest BCUT2D eigenvalue weighted by Crippen LogP contribution is -2.31. The highest BCUT2D eigenvalue weighted by Crippen LogP contribution is 2.29. The van der Waals surface area contributed by atoms with E-state index in [0.717, 1.165) is 11.8 Å². The zero-order valence-corrected chi connectivity index (χ0v) is 10.6. The molecule has 0 aromatic carbocycles. The standard InChI is InChI=1S/C13H27N/c1-6-7-12-9-14(8-11(12)2)10-13(3,4)5/h11-12H,6-10H2,1-5H3. The molecule has 0 aliphatic carbocycles. The molecule has 1 heterocycles. The van der Waals surface area contributed by atoms with Crippen LogP contribution in [0.5, 0.6) is 0 Å². The Kier molecular flexibility index (Phi) is 4.00. The molecular weight excluding hydrogens is 170 g/mol. The van der Waals surface area contributed by atoms with Gasteiger partial charge in [0, 0.05) is 19.6 Å². The molecule has 1 aliphatic rings. The summed E-state index contributed by atoms with van der Waals surface area (Å²) in [6, 6.07) is 0. The zero-order chi connectivity index (χ0) is 10.8. The molecule has 1 nitrogen and oxygen atoms in total. The van der Waals surface area contributed by atoms with Gasteiger partial charge in [-0.1, -0.05) is 41.0 Å². The zero-order valence-electron chi connectivity index (χ0n) is 10.6. The molecule has 2 unspecified atom stereocenters. The summed E-state index contributed by atoms with van der Waals surface area (Å²) in [4.78, 5) is 2.66. The molecule has 0 saturated carbocycles. The van der Waals surface area contributed by atoms with Crippen LogP contribution in [0, 0.1) is 17.3 Å². The smallest absolute Gasteiger partial charge is 0.00303 e. The average molecular weight is 197 g/mol. The van der Waals surface area contributed by atoms with Crippen LogP contribution >= 0.6 is 0 Å². The first kappa shape index (κ1) is 12.0. The summed E-state index contributed by atoms with van der Waals surface area (Å²) in [6.45, 7) is 15.7. The van der Waals surface area contributed by atoms with E-state index in [2.05, 4.69) is 39.5 Å². The van der Waals surface area contributed by atoms with E-state index in [1.54, 1.807) is 0 Å². The van der Waals surface area contributed by atoms with Gasteiger partial charge in [-0.15, -0.1) is 0 Å². The molecule has 2 atom stereocenters. The van der Waals surface area contributed by atoms with Gasteiger partial charge in [0.05, 0.1) is 0 Å². The monoisotopic (exact) mass is 197 g/mol. The lowest BCUT2D eigenvalue weighted by Gasteiger charge is -2.26. The third-order valence-corrected chi connectivity index (χ3v) is 3.20. The van der Waals surface area contributed by atoms with Gasteiger partial charge in [0.25, 0.3) is 0 Å². The molecule has 14 heavy (non-hydrogen) atoms. The molecule has 1 aliphatic heterocycles. The summed E-state index contributed by atoms with van der Waals surface area (Å²) >= 11 is 0. The molecule has 0 spiro atoms. The van der Waals surface area contributed by atoms with E-state index in [9.17, 15) is 0 Å². The van der Waals surface area contributed by atoms with E-state index >= 15 is 0 Å². The largest absolute Gasteiger partial charge is 0.302 e. The Balaban J connectivity index is 2.38. The van der Waals surface area contributed by atoms with Gasteiger partial charge in [-0.2, -0.15) is 0 Å². The second-order valence-corrected chi connectivity index (χ2v) is 6.28. The first-order chi connectivity index (χ1) is 6.42. The molecule has 1 fully saturated rings. The van der Waals surface area contributed by atoms with E-state index in [0.29, 0.717) is 5.41 Å². The van der Waals surface area contributed by atoms with Crippen LogP contribution in [0.3, 0.4) is 0 Å². The van der Waals surface area contributed by atoms with E-state index in [1.807, 2.05) is 0 Å². The predicted octanol–water partition coefficient (Wildman–Crippen LogP) is 3.40. The summed E-state index contributed by atoms with van der Waals surface area (Å²) in [5, 5.41) is 0. The van der Waals surface area contributed by atoms with Gasteiger partial charge in [-0.25, -0.2) is 0 Å². The summed E-state index contributed by atoms with van der Waals surface area (Å²) in [7, 11) is 0. The van der Waals surface area contributed by atoms with Gasteiger partial charge in [0.15, 0.2) is 0 Å². The molecule has 0 aromatic heterocycles. The van der Waals surface area contributed by atoms with Crippen molar-refractivity contribution in [3.8, 4) is 0 Å². The third kappa shape index (κ3) is 3.61. The van der Waals surface area contributed by atoms with Crippen LogP contribution in [0.2, 0.25) is 0 Å². The third-order valence-electron chi connectivity index (χ3n) is 3.20. The van der Waals surface area contributed by atoms with Crippen LogP contribution in [0.4, 0.5) is 0 Å². The quantitative estimate of drug-likeness (QED) is 0.670. The molecule has 1 saturated heterocycles. The molecule has 0 radical (unpaired) electrons. The van der Waals surface area contributed by atoms with Crippen molar-refractivity contribution in [2.24, 2.45) is 17.3 Å². The van der Waals surface area contributed by atoms with Crippen LogP contribution in [0.1, 0.15) is 47.5 Å². The van der Waals surface area contributed by atoms with Gasteiger partial charge in [-0.3, -0.25) is 0 Å². The minimum absolute atomic E-state index is 0.459. The summed E-state index contributed by atoms with van der Waals surface area (Å²) in [5.74, 6) is 1.87. The Morgan fingerprint density at radius 1 is 1.21 bits per heavy atom. The molecule has 84 valence electrons. The van der Waals surface area contributed by atoms with Crippen LogP contribution in [0.25, 0.3) is 0 Å². The Hall–Kier alpha value is -0.0400. The minimum Gasteiger partial charge on any atom is -0.302 e. The maximum absolute atomic E-state index is 2.66. The molecule has 0 bridgehead atoms. The topological polar surface area (TPSA) is 3.24 Å². The SMILES string of the molecule is CCCC1CN(CC(C)(C)C)CC1C. The van der Waals surface area contributed by atoms with Crippen molar-refractivity contribution in [2.75, 3.05) is 19.6 Å². The highest BCUT2D eigenvalue weighted by atomic mass is 15.2. The second-order valence-electron chi connectivity index (χ2n) is 6.28. The maximum atomic E-state index is 2.66. The van der Waals surface area contributed by atoms with Crippen molar-refractivity contribution in [2.45, 2.75) is 47.5 Å². The Labute approximate surface area is 89.9 Å². The Bertz CT molecular complexity index is 169.